The molecule has 0 aliphatic rings. The number of rotatable bonds is 6. The molecule has 0 saturated heterocycles. The molecule has 2 unspecified atom stereocenters. The number of benzene rings is 1. The molecule has 1 rings (SSSR count). The van der Waals surface area contributed by atoms with Crippen LogP contribution in [0.5, 0.6) is 0 Å². The van der Waals surface area contributed by atoms with Crippen molar-refractivity contribution in [3.63, 3.8) is 0 Å². The first kappa shape index (κ1) is 13.5. The zero-order valence-corrected chi connectivity index (χ0v) is 10.5. The van der Waals surface area contributed by atoms with Gasteiger partial charge in [0.25, 0.3) is 0 Å². The fourth-order valence-corrected chi connectivity index (χ4v) is 2.04. The topological polar surface area (TPSA) is 47.3 Å². The van der Waals surface area contributed by atoms with Crippen LogP contribution in [0.15, 0.2) is 24.3 Å². The smallest absolute Gasteiger partial charge is 0.0780 e. The summed E-state index contributed by atoms with van der Waals surface area (Å²) in [6, 6.07) is 7.61. The molecule has 0 aliphatic heterocycles. The van der Waals surface area contributed by atoms with Crippen LogP contribution in [0.4, 0.5) is 0 Å². The number of ether oxygens (including phenoxy) is 1. The summed E-state index contributed by atoms with van der Waals surface area (Å²) in [5.41, 5.74) is 3.76. The zero-order valence-electron chi connectivity index (χ0n) is 9.74. The molecule has 0 amide bonds. The van der Waals surface area contributed by atoms with E-state index in [0.29, 0.717) is 11.6 Å². The summed E-state index contributed by atoms with van der Waals surface area (Å²) in [6.45, 7) is 4.71. The summed E-state index contributed by atoms with van der Waals surface area (Å²) in [5.74, 6) is 5.59. The van der Waals surface area contributed by atoms with E-state index in [-0.39, 0.29) is 12.1 Å². The highest BCUT2D eigenvalue weighted by molar-refractivity contribution is 6.31. The van der Waals surface area contributed by atoms with Gasteiger partial charge < -0.3 is 4.74 Å². The molecule has 16 heavy (non-hydrogen) atoms. The van der Waals surface area contributed by atoms with Crippen LogP contribution in [0.25, 0.3) is 0 Å². The van der Waals surface area contributed by atoms with E-state index in [0.717, 1.165) is 12.0 Å². The maximum absolute atomic E-state index is 6.15. The highest BCUT2D eigenvalue weighted by atomic mass is 35.5. The molecule has 3 N–H and O–H groups in total. The van der Waals surface area contributed by atoms with Gasteiger partial charge in [0.1, 0.15) is 0 Å². The molecule has 90 valence electrons. The molecule has 0 aromatic heterocycles. The number of halogens is 1. The minimum Gasteiger partial charge on any atom is -0.376 e. The van der Waals surface area contributed by atoms with E-state index in [1.165, 1.54) is 0 Å². The highest BCUT2D eigenvalue weighted by Gasteiger charge is 2.22. The number of hydrogen-bond donors (Lipinski definition) is 2. The number of hydrazine groups is 1. The van der Waals surface area contributed by atoms with Crippen molar-refractivity contribution in [1.29, 1.82) is 0 Å². The second-order valence-corrected chi connectivity index (χ2v) is 3.98. The minimum absolute atomic E-state index is 0.0369. The fraction of sp³-hybridized carbons (Fsp3) is 0.500. The monoisotopic (exact) mass is 242 g/mol. The van der Waals surface area contributed by atoms with Crippen LogP contribution in [0.1, 0.15) is 31.9 Å². The van der Waals surface area contributed by atoms with Gasteiger partial charge in [-0.05, 0) is 25.0 Å². The molecule has 0 radical (unpaired) electrons. The summed E-state index contributed by atoms with van der Waals surface area (Å²) >= 11 is 6.15. The van der Waals surface area contributed by atoms with Crippen LogP contribution < -0.4 is 11.3 Å². The van der Waals surface area contributed by atoms with E-state index in [4.69, 9.17) is 22.2 Å². The van der Waals surface area contributed by atoms with Crippen molar-refractivity contribution in [2.45, 2.75) is 32.4 Å². The standard InChI is InChI=1S/C12H19ClN2O/c1-3-11(16-4-2)12(15-14)9-7-5-6-8-10(9)13/h5-8,11-12,15H,3-4,14H2,1-2H3. The predicted molar refractivity (Wildman–Crippen MR) is 67.2 cm³/mol. The van der Waals surface area contributed by atoms with Gasteiger partial charge in [-0.15, -0.1) is 0 Å². The van der Waals surface area contributed by atoms with Gasteiger partial charge >= 0.3 is 0 Å². The van der Waals surface area contributed by atoms with Crippen LogP contribution >= 0.6 is 11.6 Å². The Balaban J connectivity index is 2.92. The largest absolute Gasteiger partial charge is 0.376 e. The fourth-order valence-electron chi connectivity index (χ4n) is 1.79. The van der Waals surface area contributed by atoms with E-state index in [1.807, 2.05) is 31.2 Å². The normalized spacial score (nSPS) is 14.8. The molecule has 0 bridgehead atoms. The van der Waals surface area contributed by atoms with Crippen molar-refractivity contribution in [2.24, 2.45) is 5.84 Å². The Bertz CT molecular complexity index is 320. The van der Waals surface area contributed by atoms with Gasteiger partial charge in [-0.3, -0.25) is 11.3 Å². The van der Waals surface area contributed by atoms with Gasteiger partial charge in [-0.25, -0.2) is 0 Å². The molecule has 0 aliphatic carbocycles. The molecule has 0 fully saturated rings. The van der Waals surface area contributed by atoms with Crippen molar-refractivity contribution in [1.82, 2.24) is 5.43 Å². The van der Waals surface area contributed by atoms with Crippen molar-refractivity contribution < 1.29 is 4.74 Å². The highest BCUT2D eigenvalue weighted by Crippen LogP contribution is 2.27. The summed E-state index contributed by atoms with van der Waals surface area (Å²) in [6.07, 6.45) is 0.920. The summed E-state index contributed by atoms with van der Waals surface area (Å²) in [4.78, 5) is 0. The van der Waals surface area contributed by atoms with E-state index < -0.39 is 0 Å². The number of nitrogens with one attached hydrogen (secondary N) is 1. The predicted octanol–water partition coefficient (Wildman–Crippen LogP) is 2.66. The quantitative estimate of drug-likeness (QED) is 0.596. The molecular weight excluding hydrogens is 224 g/mol. The third kappa shape index (κ3) is 3.19. The van der Waals surface area contributed by atoms with Crippen LogP contribution in [-0.4, -0.2) is 12.7 Å². The van der Waals surface area contributed by atoms with Crippen LogP contribution in [-0.2, 0) is 4.74 Å². The Morgan fingerprint density at radius 1 is 1.38 bits per heavy atom. The Hall–Kier alpha value is -0.610. The van der Waals surface area contributed by atoms with Crippen LogP contribution in [0, 0.1) is 0 Å². The molecule has 0 spiro atoms. The van der Waals surface area contributed by atoms with Crippen LogP contribution in [0.2, 0.25) is 5.02 Å². The lowest BCUT2D eigenvalue weighted by atomic mass is 10.00. The van der Waals surface area contributed by atoms with Crippen molar-refractivity contribution in [3.8, 4) is 0 Å². The van der Waals surface area contributed by atoms with Gasteiger partial charge in [0.15, 0.2) is 0 Å². The summed E-state index contributed by atoms with van der Waals surface area (Å²) < 4.78 is 5.65. The summed E-state index contributed by atoms with van der Waals surface area (Å²) in [5, 5.41) is 0.712. The Morgan fingerprint density at radius 2 is 2.06 bits per heavy atom. The Morgan fingerprint density at radius 3 is 2.56 bits per heavy atom. The molecule has 0 saturated carbocycles. The minimum atomic E-state index is -0.0707. The molecule has 3 nitrogen and oxygen atoms in total. The molecule has 2 atom stereocenters. The van der Waals surface area contributed by atoms with Crippen molar-refractivity contribution in [2.75, 3.05) is 6.61 Å². The number of hydrogen-bond acceptors (Lipinski definition) is 3. The molecular formula is C12H19ClN2O. The lowest BCUT2D eigenvalue weighted by molar-refractivity contribution is 0.0314. The molecule has 4 heteroatoms. The lowest BCUT2D eigenvalue weighted by Crippen LogP contribution is -2.38. The van der Waals surface area contributed by atoms with Gasteiger partial charge in [-0.1, -0.05) is 36.7 Å². The third-order valence-corrected chi connectivity index (χ3v) is 2.92. The number of nitrogens with two attached hydrogens (primary N) is 1. The Kier molecular flexibility index (Phi) is 5.77. The maximum atomic E-state index is 6.15. The molecule has 1 aromatic rings. The maximum Gasteiger partial charge on any atom is 0.0780 e. The molecule has 1 aromatic carbocycles. The Labute approximate surface area is 102 Å². The third-order valence-electron chi connectivity index (χ3n) is 2.57. The van der Waals surface area contributed by atoms with Gasteiger partial charge in [0.2, 0.25) is 0 Å². The van der Waals surface area contributed by atoms with Gasteiger partial charge in [-0.2, -0.15) is 0 Å². The van der Waals surface area contributed by atoms with Crippen molar-refractivity contribution >= 4 is 11.6 Å². The van der Waals surface area contributed by atoms with E-state index >= 15 is 0 Å². The first-order chi connectivity index (χ1) is 7.74. The van der Waals surface area contributed by atoms with E-state index in [2.05, 4.69) is 12.3 Å². The second-order valence-electron chi connectivity index (χ2n) is 3.57. The summed E-state index contributed by atoms with van der Waals surface area (Å²) in [7, 11) is 0. The van der Waals surface area contributed by atoms with Crippen LogP contribution in [0.3, 0.4) is 0 Å². The lowest BCUT2D eigenvalue weighted by Gasteiger charge is -2.26. The van der Waals surface area contributed by atoms with Gasteiger partial charge in [0, 0.05) is 11.6 Å². The SMILES string of the molecule is CCOC(CC)C(NN)c1ccccc1Cl. The second kappa shape index (κ2) is 6.86. The first-order valence-corrected chi connectivity index (χ1v) is 5.94. The van der Waals surface area contributed by atoms with E-state index in [9.17, 15) is 0 Å². The first-order valence-electron chi connectivity index (χ1n) is 5.56. The van der Waals surface area contributed by atoms with Gasteiger partial charge in [0.05, 0.1) is 12.1 Å². The van der Waals surface area contributed by atoms with E-state index in [1.54, 1.807) is 0 Å². The molecule has 0 heterocycles. The van der Waals surface area contributed by atoms with Crippen molar-refractivity contribution in [3.05, 3.63) is 34.9 Å². The average molecular weight is 243 g/mol. The average Bonchev–Trinajstić information content (AvgIpc) is 2.31. The zero-order chi connectivity index (χ0) is 12.0.